The highest BCUT2D eigenvalue weighted by molar-refractivity contribution is 5.93. The fourth-order valence-corrected chi connectivity index (χ4v) is 3.20. The van der Waals surface area contributed by atoms with Crippen LogP contribution in [0.2, 0.25) is 0 Å². The molecule has 0 spiro atoms. The number of carbonyl (C=O) groups excluding carboxylic acids is 1. The van der Waals surface area contributed by atoms with Gasteiger partial charge in [0.25, 0.3) is 5.56 Å². The lowest BCUT2D eigenvalue weighted by Crippen LogP contribution is -2.53. The Morgan fingerprint density at radius 1 is 1.03 bits per heavy atom. The van der Waals surface area contributed by atoms with Crippen LogP contribution in [0.5, 0.6) is 0 Å². The van der Waals surface area contributed by atoms with Gasteiger partial charge in [-0.05, 0) is 0 Å². The van der Waals surface area contributed by atoms with Gasteiger partial charge in [-0.3, -0.25) is 18.7 Å². The quantitative estimate of drug-likeness (QED) is 0.698. The average Bonchev–Trinajstić information content (AvgIpc) is 2.70. The minimum Gasteiger partial charge on any atom is -0.355 e. The summed E-state index contributed by atoms with van der Waals surface area (Å²) in [5.41, 5.74) is 0.863. The zero-order chi connectivity index (χ0) is 20.5. The summed E-state index contributed by atoms with van der Waals surface area (Å²) in [6, 6.07) is 12.9. The van der Waals surface area contributed by atoms with E-state index in [0.717, 1.165) is 21.6 Å². The molecule has 4 rings (SSSR count). The van der Waals surface area contributed by atoms with Gasteiger partial charge in [-0.2, -0.15) is 0 Å². The van der Waals surface area contributed by atoms with Crippen LogP contribution in [0.15, 0.2) is 58.4 Å². The lowest BCUT2D eigenvalue weighted by Gasteiger charge is -2.39. The summed E-state index contributed by atoms with van der Waals surface area (Å²) in [5, 5.41) is 2.68. The Balaban J connectivity index is 1.44. The minimum absolute atomic E-state index is 0.190. The molecule has 1 aliphatic rings. The maximum absolute atomic E-state index is 12.5. The number of hydrogen-bond acceptors (Lipinski definition) is 6. The Hall–Kier alpha value is -3.75. The van der Waals surface area contributed by atoms with Crippen molar-refractivity contribution in [1.29, 1.82) is 0 Å². The highest BCUT2D eigenvalue weighted by Crippen LogP contribution is 2.26. The van der Waals surface area contributed by atoms with Crippen molar-refractivity contribution in [3.8, 4) is 11.3 Å². The predicted molar refractivity (Wildman–Crippen MR) is 109 cm³/mol. The lowest BCUT2D eigenvalue weighted by molar-refractivity contribution is -0.120. The van der Waals surface area contributed by atoms with Gasteiger partial charge in [0.05, 0.1) is 11.6 Å². The summed E-state index contributed by atoms with van der Waals surface area (Å²) < 4.78 is 2.23. The van der Waals surface area contributed by atoms with Crippen LogP contribution in [0.1, 0.15) is 0 Å². The molecule has 148 valence electrons. The molecule has 0 radical (unpaired) electrons. The van der Waals surface area contributed by atoms with E-state index in [9.17, 15) is 14.4 Å². The van der Waals surface area contributed by atoms with Gasteiger partial charge < -0.3 is 10.2 Å². The largest absolute Gasteiger partial charge is 0.355 e. The minimum atomic E-state index is -0.488. The third kappa shape index (κ3) is 3.54. The molecule has 0 bridgehead atoms. The van der Waals surface area contributed by atoms with Gasteiger partial charge in [0, 0.05) is 44.9 Å². The van der Waals surface area contributed by atoms with Crippen LogP contribution in [-0.2, 0) is 18.9 Å². The maximum Gasteiger partial charge on any atom is 0.332 e. The van der Waals surface area contributed by atoms with Crippen LogP contribution in [0.4, 0.5) is 11.6 Å². The molecule has 0 saturated carbocycles. The summed E-state index contributed by atoms with van der Waals surface area (Å²) >= 11 is 0. The van der Waals surface area contributed by atoms with Crippen molar-refractivity contribution in [2.75, 3.05) is 23.3 Å². The van der Waals surface area contributed by atoms with Crippen molar-refractivity contribution in [3.63, 3.8) is 0 Å². The molecule has 2 aromatic heterocycles. The molecule has 0 aliphatic carbocycles. The number of aromatic nitrogens is 4. The van der Waals surface area contributed by atoms with E-state index in [0.29, 0.717) is 13.1 Å². The first-order valence-corrected chi connectivity index (χ1v) is 9.14. The van der Waals surface area contributed by atoms with Crippen LogP contribution in [0, 0.1) is 5.92 Å². The molecule has 0 unspecified atom stereocenters. The monoisotopic (exact) mass is 392 g/mol. The molecule has 1 amide bonds. The standard InChI is InChI=1S/C20H20N6O3/c1-24-17(9-18(27)25(2)20(24)29)23-19(28)14-10-26(11-14)16-8-15(21-12-22-16)13-6-4-3-5-7-13/h3-9,12,14H,10-11H2,1-2H3,(H,23,28). The Morgan fingerprint density at radius 2 is 1.76 bits per heavy atom. The van der Waals surface area contributed by atoms with Gasteiger partial charge in [-0.1, -0.05) is 30.3 Å². The molecular weight excluding hydrogens is 372 g/mol. The summed E-state index contributed by atoms with van der Waals surface area (Å²) in [4.78, 5) is 46.9. The second kappa shape index (κ2) is 7.34. The van der Waals surface area contributed by atoms with Crippen molar-refractivity contribution in [1.82, 2.24) is 19.1 Å². The van der Waals surface area contributed by atoms with E-state index >= 15 is 0 Å². The normalized spacial score (nSPS) is 13.8. The molecule has 1 N–H and O–H groups in total. The Bertz CT molecular complexity index is 1180. The number of carbonyl (C=O) groups is 1. The molecule has 9 heteroatoms. The van der Waals surface area contributed by atoms with E-state index in [1.807, 2.05) is 41.3 Å². The van der Waals surface area contributed by atoms with Crippen molar-refractivity contribution in [3.05, 3.63) is 69.6 Å². The summed E-state index contributed by atoms with van der Waals surface area (Å²) in [5.74, 6) is 0.449. The topological polar surface area (TPSA) is 102 Å². The van der Waals surface area contributed by atoms with Crippen molar-refractivity contribution < 1.29 is 4.79 Å². The van der Waals surface area contributed by atoms with Crippen LogP contribution < -0.4 is 21.5 Å². The molecule has 1 aliphatic heterocycles. The fourth-order valence-electron chi connectivity index (χ4n) is 3.20. The van der Waals surface area contributed by atoms with Gasteiger partial charge >= 0.3 is 5.69 Å². The highest BCUT2D eigenvalue weighted by Gasteiger charge is 2.34. The van der Waals surface area contributed by atoms with Crippen LogP contribution in [0.25, 0.3) is 11.3 Å². The fraction of sp³-hybridized carbons (Fsp3) is 0.250. The van der Waals surface area contributed by atoms with E-state index in [1.54, 1.807) is 0 Å². The van der Waals surface area contributed by atoms with Crippen LogP contribution in [-0.4, -0.2) is 38.1 Å². The lowest BCUT2D eigenvalue weighted by atomic mass is 9.99. The first-order chi connectivity index (χ1) is 13.9. The second-order valence-electron chi connectivity index (χ2n) is 6.99. The molecule has 1 fully saturated rings. The third-order valence-electron chi connectivity index (χ3n) is 5.08. The molecular formula is C20H20N6O3. The van der Waals surface area contributed by atoms with Crippen molar-refractivity contribution in [2.45, 2.75) is 0 Å². The number of hydrogen-bond donors (Lipinski definition) is 1. The number of nitrogens with zero attached hydrogens (tertiary/aromatic N) is 5. The molecule has 0 atom stereocenters. The van der Waals surface area contributed by atoms with E-state index in [2.05, 4.69) is 15.3 Å². The first-order valence-electron chi connectivity index (χ1n) is 9.14. The van der Waals surface area contributed by atoms with Gasteiger partial charge in [-0.25, -0.2) is 14.8 Å². The van der Waals surface area contributed by atoms with E-state index in [4.69, 9.17) is 0 Å². The van der Waals surface area contributed by atoms with Crippen LogP contribution >= 0.6 is 0 Å². The SMILES string of the molecule is Cn1c(NC(=O)C2CN(c3cc(-c4ccccc4)ncn3)C2)cc(=O)n(C)c1=O. The average molecular weight is 392 g/mol. The number of anilines is 2. The van der Waals surface area contributed by atoms with Crippen LogP contribution in [0.3, 0.4) is 0 Å². The first kappa shape index (κ1) is 18.6. The summed E-state index contributed by atoms with van der Waals surface area (Å²) in [7, 11) is 2.90. The molecule has 1 aromatic carbocycles. The van der Waals surface area contributed by atoms with Gasteiger partial charge in [0.15, 0.2) is 0 Å². The molecule has 29 heavy (non-hydrogen) atoms. The zero-order valence-corrected chi connectivity index (χ0v) is 16.1. The van der Waals surface area contributed by atoms with Gasteiger partial charge in [0.1, 0.15) is 18.0 Å². The number of rotatable bonds is 4. The number of nitrogens with one attached hydrogen (secondary N) is 1. The predicted octanol–water partition coefficient (Wildman–Crippen LogP) is 0.616. The summed E-state index contributed by atoms with van der Waals surface area (Å²) in [6.07, 6.45) is 1.51. The number of benzene rings is 1. The van der Waals surface area contributed by atoms with E-state index in [1.165, 1.54) is 31.1 Å². The third-order valence-corrected chi connectivity index (χ3v) is 5.08. The highest BCUT2D eigenvalue weighted by atomic mass is 16.2. The van der Waals surface area contributed by atoms with Gasteiger partial charge in [-0.15, -0.1) is 0 Å². The molecule has 1 saturated heterocycles. The van der Waals surface area contributed by atoms with E-state index < -0.39 is 11.2 Å². The summed E-state index contributed by atoms with van der Waals surface area (Å²) in [6.45, 7) is 0.992. The smallest absolute Gasteiger partial charge is 0.332 e. The van der Waals surface area contributed by atoms with Gasteiger partial charge in [0.2, 0.25) is 5.91 Å². The maximum atomic E-state index is 12.5. The molecule has 3 heterocycles. The Morgan fingerprint density at radius 3 is 2.48 bits per heavy atom. The van der Waals surface area contributed by atoms with Crippen molar-refractivity contribution in [2.24, 2.45) is 20.0 Å². The Labute approximate surface area is 166 Å². The second-order valence-corrected chi connectivity index (χ2v) is 6.99. The molecule has 9 nitrogen and oxygen atoms in total. The zero-order valence-electron chi connectivity index (χ0n) is 16.1. The van der Waals surface area contributed by atoms with Crippen molar-refractivity contribution >= 4 is 17.5 Å². The van der Waals surface area contributed by atoms with E-state index in [-0.39, 0.29) is 17.6 Å². The number of amides is 1. The Kier molecular flexibility index (Phi) is 4.71. The molecule has 3 aromatic rings.